The standard InChI is InChI=1S/C14H19N3OS/c1-3-4-5-11-6-7-12(16-11)9-19-14-15-10(2)8-13(18)17-14/h6-8,11H,3-5,9H2,1-2H3,(H,15,17,18)/t11-/m0/s1. The van der Waals surface area contributed by atoms with Gasteiger partial charge < -0.3 is 5.11 Å². The highest BCUT2D eigenvalue weighted by Gasteiger charge is 2.11. The Labute approximate surface area is 118 Å². The molecule has 1 aliphatic heterocycles. The number of rotatable bonds is 6. The van der Waals surface area contributed by atoms with Crippen molar-refractivity contribution in [3.8, 4) is 5.88 Å². The first-order chi connectivity index (χ1) is 9.17. The van der Waals surface area contributed by atoms with Crippen molar-refractivity contribution in [2.24, 2.45) is 4.99 Å². The summed E-state index contributed by atoms with van der Waals surface area (Å²) in [7, 11) is 0. The number of aromatic hydroxyl groups is 1. The molecule has 0 aromatic carbocycles. The molecule has 0 saturated carbocycles. The molecule has 2 heterocycles. The van der Waals surface area contributed by atoms with Gasteiger partial charge in [-0.15, -0.1) is 0 Å². The van der Waals surface area contributed by atoms with Crippen molar-refractivity contribution in [1.82, 2.24) is 9.97 Å². The monoisotopic (exact) mass is 277 g/mol. The first-order valence-corrected chi connectivity index (χ1v) is 7.58. The van der Waals surface area contributed by atoms with Crippen LogP contribution in [0.3, 0.4) is 0 Å². The van der Waals surface area contributed by atoms with Gasteiger partial charge in [0.25, 0.3) is 0 Å². The average molecular weight is 277 g/mol. The zero-order chi connectivity index (χ0) is 13.7. The Hall–Kier alpha value is -1.36. The molecule has 5 heteroatoms. The Morgan fingerprint density at radius 1 is 1.37 bits per heavy atom. The van der Waals surface area contributed by atoms with E-state index in [1.54, 1.807) is 6.07 Å². The van der Waals surface area contributed by atoms with E-state index >= 15 is 0 Å². The van der Waals surface area contributed by atoms with E-state index in [4.69, 9.17) is 0 Å². The fourth-order valence-electron chi connectivity index (χ4n) is 1.91. The molecule has 1 aliphatic rings. The van der Waals surface area contributed by atoms with E-state index in [2.05, 4.69) is 34.0 Å². The Bertz CT molecular complexity index is 479. The molecule has 0 unspecified atom stereocenters. The minimum atomic E-state index is 0.0275. The minimum Gasteiger partial charge on any atom is -0.493 e. The van der Waals surface area contributed by atoms with Crippen LogP contribution in [-0.2, 0) is 0 Å². The molecule has 0 aliphatic carbocycles. The lowest BCUT2D eigenvalue weighted by molar-refractivity contribution is 0.444. The molecule has 0 fully saturated rings. The van der Waals surface area contributed by atoms with Gasteiger partial charge in [0.1, 0.15) is 0 Å². The SMILES string of the molecule is CCCC[C@H]1C=CC(CSc2nc(C)cc(O)n2)=N1. The van der Waals surface area contributed by atoms with Gasteiger partial charge in [0.15, 0.2) is 5.16 Å². The second-order valence-electron chi connectivity index (χ2n) is 4.63. The lowest BCUT2D eigenvalue weighted by Crippen LogP contribution is -2.00. The first kappa shape index (κ1) is 14.1. The third kappa shape index (κ3) is 4.35. The summed E-state index contributed by atoms with van der Waals surface area (Å²) in [6, 6.07) is 1.90. The van der Waals surface area contributed by atoms with E-state index in [0.29, 0.717) is 11.2 Å². The number of aromatic nitrogens is 2. The smallest absolute Gasteiger partial charge is 0.215 e. The summed E-state index contributed by atoms with van der Waals surface area (Å²) in [6.07, 6.45) is 7.81. The van der Waals surface area contributed by atoms with E-state index < -0.39 is 0 Å². The van der Waals surface area contributed by atoms with Gasteiger partial charge in [0.2, 0.25) is 5.88 Å². The van der Waals surface area contributed by atoms with Crippen LogP contribution in [-0.4, -0.2) is 32.6 Å². The molecule has 1 aromatic heterocycles. The van der Waals surface area contributed by atoms with Crippen LogP contribution >= 0.6 is 11.8 Å². The van der Waals surface area contributed by atoms with Gasteiger partial charge >= 0.3 is 0 Å². The number of hydrogen-bond donors (Lipinski definition) is 1. The molecule has 0 radical (unpaired) electrons. The fraction of sp³-hybridized carbons (Fsp3) is 0.500. The summed E-state index contributed by atoms with van der Waals surface area (Å²) >= 11 is 1.51. The number of nitrogens with zero attached hydrogens (tertiary/aromatic N) is 3. The lowest BCUT2D eigenvalue weighted by Gasteiger charge is -2.03. The molecule has 1 aromatic rings. The van der Waals surface area contributed by atoms with Gasteiger partial charge in [-0.3, -0.25) is 4.99 Å². The first-order valence-electron chi connectivity index (χ1n) is 6.59. The van der Waals surface area contributed by atoms with E-state index in [-0.39, 0.29) is 5.88 Å². The van der Waals surface area contributed by atoms with Gasteiger partial charge in [0.05, 0.1) is 6.04 Å². The molecule has 102 valence electrons. The van der Waals surface area contributed by atoms with Crippen LogP contribution in [0.25, 0.3) is 0 Å². The quantitative estimate of drug-likeness (QED) is 0.641. The van der Waals surface area contributed by atoms with Crippen molar-refractivity contribution in [1.29, 1.82) is 0 Å². The fourth-order valence-corrected chi connectivity index (χ4v) is 2.72. The van der Waals surface area contributed by atoms with E-state index in [1.807, 2.05) is 6.92 Å². The van der Waals surface area contributed by atoms with Crippen molar-refractivity contribution in [3.05, 3.63) is 23.9 Å². The predicted octanol–water partition coefficient (Wildman–Crippen LogP) is 3.15. The van der Waals surface area contributed by atoms with Crippen molar-refractivity contribution in [2.75, 3.05) is 5.75 Å². The molecular formula is C14H19N3OS. The maximum Gasteiger partial charge on any atom is 0.215 e. The Balaban J connectivity index is 1.87. The summed E-state index contributed by atoms with van der Waals surface area (Å²) in [6.45, 7) is 4.04. The Kier molecular flexibility index (Phi) is 4.96. The predicted molar refractivity (Wildman–Crippen MR) is 79.0 cm³/mol. The molecule has 0 saturated heterocycles. The van der Waals surface area contributed by atoms with Crippen molar-refractivity contribution >= 4 is 17.5 Å². The zero-order valence-electron chi connectivity index (χ0n) is 11.3. The molecule has 19 heavy (non-hydrogen) atoms. The number of aryl methyl sites for hydroxylation is 1. The van der Waals surface area contributed by atoms with Gasteiger partial charge in [-0.2, -0.15) is 4.98 Å². The van der Waals surface area contributed by atoms with Crippen molar-refractivity contribution < 1.29 is 5.11 Å². The second kappa shape index (κ2) is 6.70. The van der Waals surface area contributed by atoms with E-state index in [1.165, 1.54) is 24.6 Å². The summed E-state index contributed by atoms with van der Waals surface area (Å²) in [4.78, 5) is 12.9. The largest absolute Gasteiger partial charge is 0.493 e. The van der Waals surface area contributed by atoms with Gasteiger partial charge in [-0.05, 0) is 19.4 Å². The minimum absolute atomic E-state index is 0.0275. The number of allylic oxidation sites excluding steroid dienone is 1. The summed E-state index contributed by atoms with van der Waals surface area (Å²) in [5, 5.41) is 10.0. The maximum atomic E-state index is 9.42. The zero-order valence-corrected chi connectivity index (χ0v) is 12.2. The normalized spacial score (nSPS) is 17.8. The Morgan fingerprint density at radius 2 is 2.21 bits per heavy atom. The summed E-state index contributed by atoms with van der Waals surface area (Å²) in [5.41, 5.74) is 1.86. The summed E-state index contributed by atoms with van der Waals surface area (Å²) in [5.74, 6) is 0.780. The summed E-state index contributed by atoms with van der Waals surface area (Å²) < 4.78 is 0. The number of unbranched alkanes of at least 4 members (excludes halogenated alkanes) is 1. The molecule has 0 amide bonds. The topological polar surface area (TPSA) is 58.4 Å². The average Bonchev–Trinajstić information content (AvgIpc) is 2.81. The van der Waals surface area contributed by atoms with E-state index in [0.717, 1.165) is 23.6 Å². The molecule has 4 nitrogen and oxygen atoms in total. The number of thioether (sulfide) groups is 1. The van der Waals surface area contributed by atoms with Crippen LogP contribution in [0.1, 0.15) is 31.9 Å². The highest BCUT2D eigenvalue weighted by Crippen LogP contribution is 2.20. The molecule has 0 spiro atoms. The van der Waals surface area contributed by atoms with Gasteiger partial charge in [0, 0.05) is 23.2 Å². The lowest BCUT2D eigenvalue weighted by atomic mass is 10.1. The number of aliphatic imine (C=N–C) groups is 1. The molecule has 2 rings (SSSR count). The third-order valence-corrected chi connectivity index (χ3v) is 3.75. The number of hydrogen-bond acceptors (Lipinski definition) is 5. The van der Waals surface area contributed by atoms with Crippen LogP contribution in [0.5, 0.6) is 5.88 Å². The van der Waals surface area contributed by atoms with Crippen molar-refractivity contribution in [2.45, 2.75) is 44.3 Å². The Morgan fingerprint density at radius 3 is 2.95 bits per heavy atom. The van der Waals surface area contributed by atoms with Crippen molar-refractivity contribution in [3.63, 3.8) is 0 Å². The van der Waals surface area contributed by atoms with Crippen LogP contribution in [0.15, 0.2) is 28.4 Å². The molecule has 1 N–H and O–H groups in total. The molecule has 0 bridgehead atoms. The highest BCUT2D eigenvalue weighted by molar-refractivity contribution is 7.99. The van der Waals surface area contributed by atoms with E-state index in [9.17, 15) is 5.11 Å². The van der Waals surface area contributed by atoms with Gasteiger partial charge in [-0.25, -0.2) is 4.98 Å². The maximum absolute atomic E-state index is 9.42. The second-order valence-corrected chi connectivity index (χ2v) is 5.57. The third-order valence-electron chi connectivity index (χ3n) is 2.87. The highest BCUT2D eigenvalue weighted by atomic mass is 32.2. The van der Waals surface area contributed by atoms with Crippen LogP contribution in [0.4, 0.5) is 0 Å². The van der Waals surface area contributed by atoms with Crippen LogP contribution in [0.2, 0.25) is 0 Å². The van der Waals surface area contributed by atoms with Crippen LogP contribution in [0, 0.1) is 6.92 Å². The molecular weight excluding hydrogens is 258 g/mol. The molecule has 1 atom stereocenters. The van der Waals surface area contributed by atoms with Crippen LogP contribution < -0.4 is 0 Å². The van der Waals surface area contributed by atoms with Gasteiger partial charge in [-0.1, -0.05) is 37.6 Å².